The lowest BCUT2D eigenvalue weighted by Gasteiger charge is -2.27. The average molecular weight is 456 g/mol. The van der Waals surface area contributed by atoms with E-state index in [1.165, 1.54) is 23.1 Å². The predicted octanol–water partition coefficient (Wildman–Crippen LogP) is 4.80. The molecular weight excluding hydrogens is 434 g/mol. The fourth-order valence-corrected chi connectivity index (χ4v) is 3.95. The Hall–Kier alpha value is -3.29. The molecule has 0 spiro atoms. The molecule has 32 heavy (non-hydrogen) atoms. The van der Waals surface area contributed by atoms with Crippen molar-refractivity contribution in [2.24, 2.45) is 0 Å². The summed E-state index contributed by atoms with van der Waals surface area (Å²) in [6.45, 7) is 4.15. The number of ether oxygens (including phenoxy) is 1. The monoisotopic (exact) mass is 455 g/mol. The van der Waals surface area contributed by atoms with Crippen molar-refractivity contribution >= 4 is 34.3 Å². The third kappa shape index (κ3) is 4.09. The van der Waals surface area contributed by atoms with E-state index in [0.29, 0.717) is 21.6 Å². The van der Waals surface area contributed by atoms with E-state index in [0.717, 1.165) is 0 Å². The number of aliphatic hydroxyl groups is 1. The molecule has 0 bridgehead atoms. The Balaban J connectivity index is 1.74. The van der Waals surface area contributed by atoms with E-state index in [2.05, 4.69) is 0 Å². The molecule has 1 amide bonds. The van der Waals surface area contributed by atoms with Crippen LogP contribution in [-0.2, 0) is 9.53 Å². The molecule has 1 aliphatic heterocycles. The lowest BCUT2D eigenvalue weighted by atomic mass is 9.95. The number of nitrogens with zero attached hydrogens (tertiary/aromatic N) is 1. The van der Waals surface area contributed by atoms with E-state index >= 15 is 0 Å². The van der Waals surface area contributed by atoms with Crippen LogP contribution in [0.3, 0.4) is 0 Å². The van der Waals surface area contributed by atoms with Crippen LogP contribution in [0.15, 0.2) is 64.3 Å². The Bertz CT molecular complexity index is 1210. The summed E-state index contributed by atoms with van der Waals surface area (Å²) in [6.07, 6.45) is -0.0372. The highest BCUT2D eigenvalue weighted by Gasteiger charge is 2.44. The first-order valence-electron chi connectivity index (χ1n) is 10.1. The number of phenols is 1. The molecule has 4 rings (SSSR count). The van der Waals surface area contributed by atoms with Gasteiger partial charge in [-0.15, -0.1) is 0 Å². The first kappa shape index (κ1) is 21.9. The maximum atomic E-state index is 13.4. The molecule has 0 saturated heterocycles. The minimum Gasteiger partial charge on any atom is -0.508 e. The van der Waals surface area contributed by atoms with Crippen LogP contribution in [-0.4, -0.2) is 46.1 Å². The third-order valence-corrected chi connectivity index (χ3v) is 5.48. The van der Waals surface area contributed by atoms with Gasteiger partial charge in [-0.1, -0.05) is 23.7 Å². The highest BCUT2D eigenvalue weighted by Crippen LogP contribution is 2.40. The Labute approximate surface area is 189 Å². The zero-order chi connectivity index (χ0) is 23.0. The van der Waals surface area contributed by atoms with Crippen molar-refractivity contribution in [3.63, 3.8) is 0 Å². The van der Waals surface area contributed by atoms with Crippen LogP contribution >= 0.6 is 11.6 Å². The fourth-order valence-electron chi connectivity index (χ4n) is 3.77. The zero-order valence-electron chi connectivity index (χ0n) is 17.5. The van der Waals surface area contributed by atoms with E-state index in [9.17, 15) is 19.8 Å². The van der Waals surface area contributed by atoms with Gasteiger partial charge < -0.3 is 24.3 Å². The summed E-state index contributed by atoms with van der Waals surface area (Å²) in [4.78, 5) is 27.7. The molecule has 7 nitrogen and oxygen atoms in total. The molecule has 1 atom stereocenters. The molecule has 0 fully saturated rings. The van der Waals surface area contributed by atoms with Crippen LogP contribution in [0.25, 0.3) is 11.0 Å². The van der Waals surface area contributed by atoms with Gasteiger partial charge in [0.15, 0.2) is 11.5 Å². The summed E-state index contributed by atoms with van der Waals surface area (Å²) in [6, 6.07) is 11.8. The molecule has 2 N–H and O–H groups in total. The van der Waals surface area contributed by atoms with Crippen LogP contribution in [0.4, 0.5) is 0 Å². The maximum Gasteiger partial charge on any atom is 0.290 e. The van der Waals surface area contributed by atoms with Crippen molar-refractivity contribution in [2.75, 3.05) is 13.2 Å². The number of Topliss-reactive ketones (excluding diaryl/α,β-unsaturated/α-hetero) is 1. The number of furan rings is 1. The molecule has 3 aromatic rings. The number of phenolic OH excluding ortho intramolecular Hbond substituents is 1. The Morgan fingerprint density at radius 1 is 1.16 bits per heavy atom. The van der Waals surface area contributed by atoms with Crippen molar-refractivity contribution in [3.05, 3.63) is 76.2 Å². The molecule has 1 aliphatic rings. The number of hydrogen-bond acceptors (Lipinski definition) is 6. The maximum absolute atomic E-state index is 13.4. The SMILES string of the molecule is CC(C)OCCN1C(=O)C(O)=C(C(=O)c2cc3cc(Cl)ccc3o2)C1c1ccc(O)cc1. The number of fused-ring (bicyclic) bond motifs is 1. The fraction of sp³-hybridized carbons (Fsp3) is 0.250. The van der Waals surface area contributed by atoms with Crippen LogP contribution in [0.5, 0.6) is 5.75 Å². The predicted molar refractivity (Wildman–Crippen MR) is 119 cm³/mol. The second-order valence-electron chi connectivity index (χ2n) is 7.80. The van der Waals surface area contributed by atoms with Gasteiger partial charge in [0.25, 0.3) is 5.91 Å². The van der Waals surface area contributed by atoms with E-state index in [1.807, 2.05) is 13.8 Å². The molecule has 0 aliphatic carbocycles. The average Bonchev–Trinajstić information content (AvgIpc) is 3.27. The van der Waals surface area contributed by atoms with E-state index in [-0.39, 0.29) is 36.3 Å². The molecule has 0 saturated carbocycles. The normalized spacial score (nSPS) is 16.6. The molecule has 2 aromatic carbocycles. The molecule has 2 heterocycles. The van der Waals surface area contributed by atoms with Crippen LogP contribution in [0.1, 0.15) is 36.0 Å². The van der Waals surface area contributed by atoms with Gasteiger partial charge in [0, 0.05) is 17.0 Å². The van der Waals surface area contributed by atoms with Gasteiger partial charge in [-0.05, 0) is 55.8 Å². The Morgan fingerprint density at radius 3 is 2.56 bits per heavy atom. The molecule has 1 unspecified atom stereocenters. The lowest BCUT2D eigenvalue weighted by molar-refractivity contribution is -0.130. The molecule has 1 aromatic heterocycles. The van der Waals surface area contributed by atoms with Gasteiger partial charge in [-0.3, -0.25) is 9.59 Å². The number of carbonyl (C=O) groups is 2. The quantitative estimate of drug-likeness (QED) is 0.496. The number of hydrogen-bond donors (Lipinski definition) is 2. The minimum absolute atomic E-state index is 0.0133. The Kier molecular flexibility index (Phi) is 5.95. The summed E-state index contributed by atoms with van der Waals surface area (Å²) in [5.74, 6) is -1.87. The van der Waals surface area contributed by atoms with Gasteiger partial charge in [0.2, 0.25) is 5.78 Å². The number of rotatable bonds is 7. The number of carbonyl (C=O) groups excluding carboxylic acids is 2. The topological polar surface area (TPSA) is 100 Å². The van der Waals surface area contributed by atoms with Crippen molar-refractivity contribution in [2.45, 2.75) is 26.0 Å². The van der Waals surface area contributed by atoms with Crippen molar-refractivity contribution in [3.8, 4) is 5.75 Å². The number of ketones is 1. The first-order chi connectivity index (χ1) is 15.3. The second-order valence-corrected chi connectivity index (χ2v) is 8.23. The van der Waals surface area contributed by atoms with Crippen LogP contribution in [0.2, 0.25) is 5.02 Å². The van der Waals surface area contributed by atoms with E-state index in [1.54, 1.807) is 30.3 Å². The summed E-state index contributed by atoms with van der Waals surface area (Å²) < 4.78 is 11.3. The second kappa shape index (κ2) is 8.68. The molecular formula is C24H22ClNO6. The summed E-state index contributed by atoms with van der Waals surface area (Å²) in [5, 5.41) is 21.5. The van der Waals surface area contributed by atoms with Crippen LogP contribution in [0, 0.1) is 0 Å². The molecule has 8 heteroatoms. The summed E-state index contributed by atoms with van der Waals surface area (Å²) in [5.41, 5.74) is 0.938. The van der Waals surface area contributed by atoms with Gasteiger partial charge in [-0.2, -0.15) is 0 Å². The smallest absolute Gasteiger partial charge is 0.290 e. The number of amides is 1. The van der Waals surface area contributed by atoms with Gasteiger partial charge in [0.1, 0.15) is 11.3 Å². The van der Waals surface area contributed by atoms with Crippen molar-refractivity contribution in [1.82, 2.24) is 4.90 Å². The number of aromatic hydroxyl groups is 1. The van der Waals surface area contributed by atoms with Crippen LogP contribution < -0.4 is 0 Å². The lowest BCUT2D eigenvalue weighted by Crippen LogP contribution is -2.34. The molecule has 0 radical (unpaired) electrons. The highest BCUT2D eigenvalue weighted by molar-refractivity contribution is 6.31. The standard InChI is InChI=1S/C24H22ClNO6/c1-13(2)31-10-9-26-21(14-3-6-17(27)7-4-14)20(23(29)24(26)30)22(28)19-12-15-11-16(25)5-8-18(15)32-19/h3-8,11-13,21,27,29H,9-10H2,1-2H3. The minimum atomic E-state index is -0.858. The zero-order valence-corrected chi connectivity index (χ0v) is 18.3. The number of aliphatic hydroxyl groups excluding tert-OH is 1. The van der Waals surface area contributed by atoms with Gasteiger partial charge in [-0.25, -0.2) is 0 Å². The number of benzene rings is 2. The van der Waals surface area contributed by atoms with Gasteiger partial charge in [0.05, 0.1) is 24.3 Å². The Morgan fingerprint density at radius 2 is 1.88 bits per heavy atom. The van der Waals surface area contributed by atoms with Gasteiger partial charge >= 0.3 is 0 Å². The van der Waals surface area contributed by atoms with E-state index in [4.69, 9.17) is 20.8 Å². The third-order valence-electron chi connectivity index (χ3n) is 5.24. The number of halogens is 1. The molecule has 166 valence electrons. The summed E-state index contributed by atoms with van der Waals surface area (Å²) >= 11 is 6.02. The van der Waals surface area contributed by atoms with Crippen molar-refractivity contribution < 1.29 is 29.0 Å². The van der Waals surface area contributed by atoms with E-state index < -0.39 is 23.5 Å². The highest BCUT2D eigenvalue weighted by atomic mass is 35.5. The summed E-state index contributed by atoms with van der Waals surface area (Å²) in [7, 11) is 0. The van der Waals surface area contributed by atoms with Crippen molar-refractivity contribution in [1.29, 1.82) is 0 Å². The first-order valence-corrected chi connectivity index (χ1v) is 10.5. The largest absolute Gasteiger partial charge is 0.508 e.